The molecule has 1 aromatic carbocycles. The largest absolute Gasteiger partial charge is 0.369 e. The molecule has 0 radical (unpaired) electrons. The minimum atomic E-state index is -3.39. The molecule has 0 spiro atoms. The van der Waals surface area contributed by atoms with E-state index >= 15 is 0 Å². The van der Waals surface area contributed by atoms with Gasteiger partial charge >= 0.3 is 0 Å². The summed E-state index contributed by atoms with van der Waals surface area (Å²) < 4.78 is 26.8. The van der Waals surface area contributed by atoms with Gasteiger partial charge in [0.05, 0.1) is 0 Å². The van der Waals surface area contributed by atoms with Crippen molar-refractivity contribution < 1.29 is 8.42 Å². The Balaban J connectivity index is 2.15. The number of likely N-dealkylation sites (N-methyl/N-ethyl adjacent to an activating group) is 1. The Kier molecular flexibility index (Phi) is 5.70. The van der Waals surface area contributed by atoms with Gasteiger partial charge in [0.15, 0.2) is 0 Å². The van der Waals surface area contributed by atoms with Crippen molar-refractivity contribution in [2.24, 2.45) is 0 Å². The van der Waals surface area contributed by atoms with Crippen LogP contribution in [0.4, 0.5) is 5.69 Å². The van der Waals surface area contributed by atoms with Crippen molar-refractivity contribution >= 4 is 15.7 Å². The summed E-state index contributed by atoms with van der Waals surface area (Å²) in [5.74, 6) is 0. The average molecular weight is 340 g/mol. The van der Waals surface area contributed by atoms with E-state index in [1.54, 1.807) is 13.8 Å². The monoisotopic (exact) mass is 339 g/mol. The molecule has 5 nitrogen and oxygen atoms in total. The molecule has 1 N–H and O–H groups in total. The average Bonchev–Trinajstić information content (AvgIpc) is 2.53. The Bertz CT molecular complexity index is 603. The van der Waals surface area contributed by atoms with Crippen molar-refractivity contribution in [1.29, 1.82) is 0 Å². The van der Waals surface area contributed by atoms with Crippen LogP contribution in [0.5, 0.6) is 0 Å². The Labute approximate surface area is 140 Å². The van der Waals surface area contributed by atoms with Crippen LogP contribution in [0.25, 0.3) is 0 Å². The smallest absolute Gasteiger partial charge is 0.221 e. The molecule has 0 aromatic heterocycles. The first-order chi connectivity index (χ1) is 10.8. The second-order valence-corrected chi connectivity index (χ2v) is 9.06. The number of hydrogen-bond acceptors (Lipinski definition) is 4. The molecule has 6 heteroatoms. The lowest BCUT2D eigenvalue weighted by Crippen LogP contribution is -2.44. The number of sulfonamides is 1. The number of hydrogen-bond donors (Lipinski definition) is 1. The van der Waals surface area contributed by atoms with Gasteiger partial charge in [-0.2, -0.15) is 0 Å². The maximum atomic E-state index is 12.5. The summed E-state index contributed by atoms with van der Waals surface area (Å²) in [5, 5.41) is 0. The molecule has 1 fully saturated rings. The summed E-state index contributed by atoms with van der Waals surface area (Å²) in [6.45, 7) is 10.1. The molecule has 0 bridgehead atoms. The third-order valence-electron chi connectivity index (χ3n) is 4.64. The first kappa shape index (κ1) is 18.2. The first-order valence-corrected chi connectivity index (χ1v) is 9.79. The van der Waals surface area contributed by atoms with Gasteiger partial charge in [0.2, 0.25) is 10.0 Å². The lowest BCUT2D eigenvalue weighted by atomic mass is 10.0. The predicted molar refractivity (Wildman–Crippen MR) is 96.4 cm³/mol. The highest BCUT2D eigenvalue weighted by Gasteiger charge is 2.35. The van der Waals surface area contributed by atoms with E-state index in [0.29, 0.717) is 6.54 Å². The van der Waals surface area contributed by atoms with Crippen molar-refractivity contribution in [3.05, 3.63) is 29.8 Å². The molecule has 0 amide bonds. The summed E-state index contributed by atoms with van der Waals surface area (Å²) in [6, 6.07) is 7.97. The number of nitrogens with zero attached hydrogens (tertiary/aromatic N) is 2. The molecule has 0 saturated carbocycles. The van der Waals surface area contributed by atoms with Gasteiger partial charge in [-0.25, -0.2) is 13.1 Å². The highest BCUT2D eigenvalue weighted by molar-refractivity contribution is 7.90. The van der Waals surface area contributed by atoms with Crippen LogP contribution in [0.3, 0.4) is 0 Å². The van der Waals surface area contributed by atoms with E-state index in [0.717, 1.165) is 43.9 Å². The number of nitrogens with one attached hydrogen (secondary N) is 1. The van der Waals surface area contributed by atoms with Gasteiger partial charge in [-0.1, -0.05) is 19.1 Å². The van der Waals surface area contributed by atoms with Crippen LogP contribution in [0.2, 0.25) is 0 Å². The number of benzene rings is 1. The van der Waals surface area contributed by atoms with E-state index in [-0.39, 0.29) is 0 Å². The summed E-state index contributed by atoms with van der Waals surface area (Å²) in [7, 11) is -1.25. The summed E-state index contributed by atoms with van der Waals surface area (Å²) in [5.41, 5.74) is 1.98. The molecule has 0 unspecified atom stereocenters. The van der Waals surface area contributed by atoms with E-state index in [1.165, 1.54) is 0 Å². The number of anilines is 1. The molecule has 0 atom stereocenters. The summed E-state index contributed by atoms with van der Waals surface area (Å²) in [6.07, 6.45) is 0.789. The minimum Gasteiger partial charge on any atom is -0.369 e. The van der Waals surface area contributed by atoms with Crippen molar-refractivity contribution in [3.63, 3.8) is 0 Å². The zero-order valence-corrected chi connectivity index (χ0v) is 15.5. The van der Waals surface area contributed by atoms with Crippen molar-refractivity contribution in [2.45, 2.75) is 31.9 Å². The van der Waals surface area contributed by atoms with Crippen LogP contribution < -0.4 is 9.62 Å². The van der Waals surface area contributed by atoms with Gasteiger partial charge in [-0.15, -0.1) is 0 Å². The molecule has 1 aliphatic rings. The SMILES string of the molecule is CCCNS(=O)(=O)C(C)(C)c1ccc(N2CCN(C)CC2)cc1. The van der Waals surface area contributed by atoms with Crippen molar-refractivity contribution in [3.8, 4) is 0 Å². The van der Waals surface area contributed by atoms with Crippen LogP contribution >= 0.6 is 0 Å². The fourth-order valence-electron chi connectivity index (χ4n) is 2.71. The topological polar surface area (TPSA) is 52.7 Å². The fraction of sp³-hybridized carbons (Fsp3) is 0.647. The van der Waals surface area contributed by atoms with Gasteiger partial charge < -0.3 is 9.80 Å². The van der Waals surface area contributed by atoms with Crippen LogP contribution in [-0.4, -0.2) is 53.1 Å². The van der Waals surface area contributed by atoms with Gasteiger partial charge in [-0.3, -0.25) is 0 Å². The molecule has 130 valence electrons. The van der Waals surface area contributed by atoms with Crippen LogP contribution in [-0.2, 0) is 14.8 Å². The van der Waals surface area contributed by atoms with E-state index in [9.17, 15) is 8.42 Å². The quantitative estimate of drug-likeness (QED) is 0.861. The predicted octanol–water partition coefficient (Wildman–Crippen LogP) is 2.00. The third kappa shape index (κ3) is 4.05. The van der Waals surface area contributed by atoms with Gasteiger partial charge in [0, 0.05) is 38.4 Å². The second-order valence-electron chi connectivity index (χ2n) is 6.75. The molecular weight excluding hydrogens is 310 g/mol. The molecule has 23 heavy (non-hydrogen) atoms. The Morgan fingerprint density at radius 3 is 2.17 bits per heavy atom. The summed E-state index contributed by atoms with van der Waals surface area (Å²) >= 11 is 0. The van der Waals surface area contributed by atoms with Crippen LogP contribution in [0.15, 0.2) is 24.3 Å². The Morgan fingerprint density at radius 1 is 1.09 bits per heavy atom. The van der Waals surface area contributed by atoms with E-state index < -0.39 is 14.8 Å². The minimum absolute atomic E-state index is 0.477. The maximum Gasteiger partial charge on any atom is 0.221 e. The van der Waals surface area contributed by atoms with Gasteiger partial charge in [0.25, 0.3) is 0 Å². The van der Waals surface area contributed by atoms with Crippen molar-refractivity contribution in [1.82, 2.24) is 9.62 Å². The van der Waals surface area contributed by atoms with E-state index in [1.807, 2.05) is 31.2 Å². The molecule has 1 heterocycles. The molecule has 1 aromatic rings. The second kappa shape index (κ2) is 7.20. The molecule has 2 rings (SSSR count). The number of rotatable bonds is 6. The fourth-order valence-corrected chi connectivity index (χ4v) is 3.99. The van der Waals surface area contributed by atoms with E-state index in [2.05, 4.69) is 21.6 Å². The van der Waals surface area contributed by atoms with Gasteiger partial charge in [-0.05, 0) is 45.0 Å². The summed E-state index contributed by atoms with van der Waals surface area (Å²) in [4.78, 5) is 4.67. The van der Waals surface area contributed by atoms with Crippen LogP contribution in [0.1, 0.15) is 32.8 Å². The Morgan fingerprint density at radius 2 is 1.65 bits per heavy atom. The normalized spacial score (nSPS) is 17.5. The highest BCUT2D eigenvalue weighted by Crippen LogP contribution is 2.30. The van der Waals surface area contributed by atoms with Crippen LogP contribution in [0, 0.1) is 0 Å². The first-order valence-electron chi connectivity index (χ1n) is 8.31. The number of piperazine rings is 1. The third-order valence-corrected chi connectivity index (χ3v) is 6.81. The zero-order chi connectivity index (χ0) is 17.1. The zero-order valence-electron chi connectivity index (χ0n) is 14.7. The molecule has 1 aliphatic heterocycles. The van der Waals surface area contributed by atoms with E-state index in [4.69, 9.17) is 0 Å². The lowest BCUT2D eigenvalue weighted by Gasteiger charge is -2.34. The van der Waals surface area contributed by atoms with Gasteiger partial charge in [0.1, 0.15) is 4.75 Å². The molecule has 0 aliphatic carbocycles. The highest BCUT2D eigenvalue weighted by atomic mass is 32.2. The lowest BCUT2D eigenvalue weighted by molar-refractivity contribution is 0.313. The standard InChI is InChI=1S/C17H29N3O2S/c1-5-10-18-23(21,22)17(2,3)15-6-8-16(9-7-15)20-13-11-19(4)12-14-20/h6-9,18H,5,10-14H2,1-4H3. The molecule has 1 saturated heterocycles. The Hall–Kier alpha value is -1.11. The maximum absolute atomic E-state index is 12.5. The molecular formula is C17H29N3O2S. The van der Waals surface area contributed by atoms with Crippen molar-refractivity contribution in [2.75, 3.05) is 44.7 Å².